The van der Waals surface area contributed by atoms with Crippen LogP contribution in [-0.4, -0.2) is 11.4 Å². The molecule has 0 bridgehead atoms. The van der Waals surface area contributed by atoms with Crippen LogP contribution in [0, 0.1) is 5.41 Å². The molecule has 0 fully saturated rings. The molecular weight excluding hydrogens is 244 g/mol. The van der Waals surface area contributed by atoms with Gasteiger partial charge in [0.15, 0.2) is 0 Å². The summed E-state index contributed by atoms with van der Waals surface area (Å²) in [4.78, 5) is 0. The maximum Gasteiger partial charge on any atom is 0.0821 e. The Morgan fingerprint density at radius 2 is 1.45 bits per heavy atom. The van der Waals surface area contributed by atoms with Gasteiger partial charge in [-0.1, -0.05) is 60.7 Å². The highest BCUT2D eigenvalue weighted by Gasteiger charge is 2.38. The molecule has 2 aromatic rings. The Kier molecular flexibility index (Phi) is 3.23. The molecule has 2 nitrogen and oxygen atoms in total. The first-order chi connectivity index (χ1) is 9.70. The van der Waals surface area contributed by atoms with E-state index in [-0.39, 0.29) is 5.41 Å². The topological polar surface area (TPSA) is 24.7 Å². The number of rotatable bonds is 3. The summed E-state index contributed by atoms with van der Waals surface area (Å²) in [6.07, 6.45) is 0.927. The van der Waals surface area contributed by atoms with Crippen molar-refractivity contribution in [3.05, 3.63) is 71.8 Å². The quantitative estimate of drug-likeness (QED) is 0.795. The van der Waals surface area contributed by atoms with Crippen molar-refractivity contribution < 1.29 is 0 Å². The largest absolute Gasteiger partial charge is 0.159 e. The summed E-state index contributed by atoms with van der Waals surface area (Å²) in [5.74, 6) is 0. The molecule has 0 radical (unpaired) electrons. The van der Waals surface area contributed by atoms with Crippen LogP contribution in [0.2, 0.25) is 0 Å². The van der Waals surface area contributed by atoms with Crippen LogP contribution in [-0.2, 0) is 6.42 Å². The minimum absolute atomic E-state index is 0.122. The Balaban J connectivity index is 1.97. The van der Waals surface area contributed by atoms with Crippen LogP contribution in [0.25, 0.3) is 0 Å². The fourth-order valence-electron chi connectivity index (χ4n) is 2.71. The third-order valence-electron chi connectivity index (χ3n) is 4.07. The summed E-state index contributed by atoms with van der Waals surface area (Å²) in [6.45, 7) is 4.31. The Morgan fingerprint density at radius 3 is 2.10 bits per heavy atom. The molecule has 2 aromatic carbocycles. The lowest BCUT2D eigenvalue weighted by Crippen LogP contribution is -2.34. The third-order valence-corrected chi connectivity index (χ3v) is 4.07. The fraction of sp³-hybridized carbons (Fsp3) is 0.222. The molecule has 100 valence electrons. The van der Waals surface area contributed by atoms with Gasteiger partial charge in [0.05, 0.1) is 11.1 Å². The molecule has 0 amide bonds. The molecule has 0 saturated carbocycles. The molecule has 1 aliphatic rings. The van der Waals surface area contributed by atoms with Crippen molar-refractivity contribution in [2.24, 2.45) is 15.6 Å². The van der Waals surface area contributed by atoms with Crippen molar-refractivity contribution in [1.82, 2.24) is 0 Å². The van der Waals surface area contributed by atoms with E-state index in [1.54, 1.807) is 0 Å². The zero-order valence-corrected chi connectivity index (χ0v) is 11.9. The summed E-state index contributed by atoms with van der Waals surface area (Å²) in [5.41, 5.74) is 4.50. The Morgan fingerprint density at radius 1 is 0.850 bits per heavy atom. The lowest BCUT2D eigenvalue weighted by molar-refractivity contribution is 0.646. The number of benzene rings is 2. The fourth-order valence-corrected chi connectivity index (χ4v) is 2.71. The van der Waals surface area contributed by atoms with E-state index in [2.05, 4.69) is 72.6 Å². The van der Waals surface area contributed by atoms with Crippen LogP contribution in [0.1, 0.15) is 25.0 Å². The van der Waals surface area contributed by atoms with Gasteiger partial charge in [0, 0.05) is 5.71 Å². The van der Waals surface area contributed by atoms with E-state index in [0.717, 1.165) is 23.4 Å². The smallest absolute Gasteiger partial charge is 0.0821 e. The number of nitrogens with zero attached hydrogens (tertiary/aromatic N) is 2. The van der Waals surface area contributed by atoms with Gasteiger partial charge in [0.25, 0.3) is 0 Å². The summed E-state index contributed by atoms with van der Waals surface area (Å²) in [5, 5.41) is 8.79. The van der Waals surface area contributed by atoms with E-state index in [0.29, 0.717) is 0 Å². The van der Waals surface area contributed by atoms with E-state index >= 15 is 0 Å². The van der Waals surface area contributed by atoms with Gasteiger partial charge in [0.1, 0.15) is 0 Å². The van der Waals surface area contributed by atoms with Crippen LogP contribution >= 0.6 is 0 Å². The van der Waals surface area contributed by atoms with Gasteiger partial charge in [-0.15, -0.1) is 0 Å². The summed E-state index contributed by atoms with van der Waals surface area (Å²) in [6, 6.07) is 20.9. The first kappa shape index (κ1) is 12.8. The zero-order valence-electron chi connectivity index (χ0n) is 11.9. The highest BCUT2D eigenvalue weighted by molar-refractivity contribution is 6.20. The lowest BCUT2D eigenvalue weighted by Gasteiger charge is -2.27. The molecule has 1 heterocycles. The molecule has 0 unspecified atom stereocenters. The van der Waals surface area contributed by atoms with Gasteiger partial charge in [0.2, 0.25) is 0 Å². The highest BCUT2D eigenvalue weighted by Crippen LogP contribution is 2.33. The number of hydrogen-bond donors (Lipinski definition) is 0. The minimum atomic E-state index is -0.122. The Labute approximate surface area is 119 Å². The third kappa shape index (κ3) is 2.18. The van der Waals surface area contributed by atoms with Crippen LogP contribution in [0.4, 0.5) is 0 Å². The van der Waals surface area contributed by atoms with Gasteiger partial charge in [-0.2, -0.15) is 10.2 Å². The first-order valence-electron chi connectivity index (χ1n) is 6.93. The van der Waals surface area contributed by atoms with Crippen LogP contribution < -0.4 is 0 Å². The van der Waals surface area contributed by atoms with Crippen molar-refractivity contribution in [1.29, 1.82) is 0 Å². The standard InChI is InChI=1S/C18H18N2/c1-14-18(2,13-15-9-5-3-6-10-15)17(20-19-14)16-11-7-4-8-12-16/h3-12H,13H2,1-2H3/t18-/m0/s1. The maximum absolute atomic E-state index is 4.44. The summed E-state index contributed by atoms with van der Waals surface area (Å²) >= 11 is 0. The van der Waals surface area contributed by atoms with E-state index in [9.17, 15) is 0 Å². The monoisotopic (exact) mass is 262 g/mol. The van der Waals surface area contributed by atoms with Crippen molar-refractivity contribution in [2.45, 2.75) is 20.3 Å². The molecule has 1 aliphatic heterocycles. The van der Waals surface area contributed by atoms with Crippen LogP contribution in [0.15, 0.2) is 70.9 Å². The van der Waals surface area contributed by atoms with Gasteiger partial charge >= 0.3 is 0 Å². The molecule has 20 heavy (non-hydrogen) atoms. The Bertz CT molecular complexity index is 656. The second-order valence-corrected chi connectivity index (χ2v) is 5.49. The van der Waals surface area contributed by atoms with E-state index in [1.165, 1.54) is 5.56 Å². The zero-order chi connectivity index (χ0) is 14.0. The minimum Gasteiger partial charge on any atom is -0.159 e. The van der Waals surface area contributed by atoms with Crippen molar-refractivity contribution in [2.75, 3.05) is 0 Å². The molecule has 2 heteroatoms. The predicted octanol–water partition coefficient (Wildman–Crippen LogP) is 4.11. The molecular formula is C18H18N2. The second kappa shape index (κ2) is 5.04. The van der Waals surface area contributed by atoms with Crippen molar-refractivity contribution in [3.8, 4) is 0 Å². The summed E-state index contributed by atoms with van der Waals surface area (Å²) < 4.78 is 0. The van der Waals surface area contributed by atoms with Crippen LogP contribution in [0.3, 0.4) is 0 Å². The molecule has 0 N–H and O–H groups in total. The van der Waals surface area contributed by atoms with Gasteiger partial charge < -0.3 is 0 Å². The van der Waals surface area contributed by atoms with Crippen molar-refractivity contribution >= 4 is 11.4 Å². The van der Waals surface area contributed by atoms with E-state index in [1.807, 2.05) is 12.1 Å². The molecule has 0 aliphatic carbocycles. The molecule has 1 atom stereocenters. The number of hydrogen-bond acceptors (Lipinski definition) is 2. The molecule has 3 rings (SSSR count). The SMILES string of the molecule is CC1=NN=C(c2ccccc2)[C@@]1(C)Cc1ccccc1. The van der Waals surface area contributed by atoms with Crippen molar-refractivity contribution in [3.63, 3.8) is 0 Å². The molecule has 0 aromatic heterocycles. The first-order valence-corrected chi connectivity index (χ1v) is 6.93. The van der Waals surface area contributed by atoms with E-state index < -0.39 is 0 Å². The van der Waals surface area contributed by atoms with Gasteiger partial charge in [-0.25, -0.2) is 0 Å². The average Bonchev–Trinajstić information content (AvgIpc) is 2.77. The Hall–Kier alpha value is -2.22. The summed E-state index contributed by atoms with van der Waals surface area (Å²) in [7, 11) is 0. The predicted molar refractivity (Wildman–Crippen MR) is 84.3 cm³/mol. The van der Waals surface area contributed by atoms with Crippen LogP contribution in [0.5, 0.6) is 0 Å². The second-order valence-electron chi connectivity index (χ2n) is 5.49. The van der Waals surface area contributed by atoms with Gasteiger partial charge in [-0.05, 0) is 31.4 Å². The van der Waals surface area contributed by atoms with E-state index in [4.69, 9.17) is 0 Å². The molecule has 0 saturated heterocycles. The average molecular weight is 262 g/mol. The lowest BCUT2D eigenvalue weighted by atomic mass is 9.74. The normalized spacial score (nSPS) is 21.5. The molecule has 0 spiro atoms. The highest BCUT2D eigenvalue weighted by atomic mass is 15.2. The maximum atomic E-state index is 4.44. The van der Waals surface area contributed by atoms with Gasteiger partial charge in [-0.3, -0.25) is 0 Å².